The molecular weight excluding hydrogens is 246 g/mol. The Morgan fingerprint density at radius 3 is 2.68 bits per heavy atom. The highest BCUT2D eigenvalue weighted by atomic mass is 16.5. The Kier molecular flexibility index (Phi) is 3.79. The van der Waals surface area contributed by atoms with E-state index in [0.717, 1.165) is 5.56 Å². The van der Waals surface area contributed by atoms with Crippen molar-refractivity contribution in [2.24, 2.45) is 0 Å². The minimum absolute atomic E-state index is 0.0169. The Hall–Kier alpha value is -2.37. The molecule has 0 atom stereocenters. The minimum Gasteiger partial charge on any atom is -0.352 e. The van der Waals surface area contributed by atoms with Crippen molar-refractivity contribution in [3.63, 3.8) is 0 Å². The summed E-state index contributed by atoms with van der Waals surface area (Å²) in [4.78, 5) is 23.3. The summed E-state index contributed by atoms with van der Waals surface area (Å²) in [5, 5.41) is 6.43. The van der Waals surface area contributed by atoms with E-state index in [1.165, 1.54) is 4.57 Å². The summed E-state index contributed by atoms with van der Waals surface area (Å²) in [5.41, 5.74) is 0.727. The van der Waals surface area contributed by atoms with Crippen LogP contribution in [0.1, 0.15) is 13.8 Å². The molecule has 0 unspecified atom stereocenters. The average molecular weight is 261 g/mol. The first-order valence-electron chi connectivity index (χ1n) is 5.99. The highest BCUT2D eigenvalue weighted by Gasteiger charge is 2.15. The zero-order chi connectivity index (χ0) is 13.8. The van der Waals surface area contributed by atoms with Crippen molar-refractivity contribution in [3.05, 3.63) is 40.9 Å². The summed E-state index contributed by atoms with van der Waals surface area (Å²) < 4.78 is 5.85. The summed E-state index contributed by atoms with van der Waals surface area (Å²) >= 11 is 0. The second-order valence-electron chi connectivity index (χ2n) is 4.45. The molecule has 0 saturated heterocycles. The van der Waals surface area contributed by atoms with Gasteiger partial charge in [-0.25, -0.2) is 9.36 Å². The molecule has 1 aromatic heterocycles. The van der Waals surface area contributed by atoms with Crippen molar-refractivity contribution < 1.29 is 9.32 Å². The first-order chi connectivity index (χ1) is 9.08. The molecule has 0 aliphatic heterocycles. The number of benzene rings is 1. The standard InChI is InChI=1S/C13H15N3O3/c1-9(2)14-11(17)8-16-12(15-19-13(16)18)10-6-4-3-5-7-10/h3-7,9H,8H2,1-2H3,(H,14,17). The van der Waals surface area contributed by atoms with Crippen LogP contribution in [0.15, 0.2) is 39.6 Å². The molecule has 0 aliphatic rings. The van der Waals surface area contributed by atoms with E-state index < -0.39 is 5.76 Å². The molecule has 1 aromatic carbocycles. The summed E-state index contributed by atoms with van der Waals surface area (Å²) in [6.45, 7) is 3.60. The van der Waals surface area contributed by atoms with Crippen LogP contribution in [0.4, 0.5) is 0 Å². The predicted molar refractivity (Wildman–Crippen MR) is 69.5 cm³/mol. The molecule has 1 N–H and O–H groups in total. The van der Waals surface area contributed by atoms with E-state index >= 15 is 0 Å². The van der Waals surface area contributed by atoms with Gasteiger partial charge in [0, 0.05) is 11.6 Å². The quantitative estimate of drug-likeness (QED) is 0.891. The summed E-state index contributed by atoms with van der Waals surface area (Å²) in [7, 11) is 0. The molecule has 100 valence electrons. The van der Waals surface area contributed by atoms with Gasteiger partial charge in [-0.05, 0) is 13.8 Å². The van der Waals surface area contributed by atoms with Crippen LogP contribution in [0.25, 0.3) is 11.4 Å². The van der Waals surface area contributed by atoms with Gasteiger partial charge in [-0.15, -0.1) is 0 Å². The third kappa shape index (κ3) is 3.09. The highest BCUT2D eigenvalue weighted by molar-refractivity contribution is 5.76. The minimum atomic E-state index is -0.641. The van der Waals surface area contributed by atoms with Crippen molar-refractivity contribution >= 4 is 5.91 Å². The van der Waals surface area contributed by atoms with E-state index in [-0.39, 0.29) is 18.5 Å². The van der Waals surface area contributed by atoms with Crippen LogP contribution < -0.4 is 11.1 Å². The van der Waals surface area contributed by atoms with Crippen LogP contribution in [0.2, 0.25) is 0 Å². The van der Waals surface area contributed by atoms with E-state index in [9.17, 15) is 9.59 Å². The van der Waals surface area contributed by atoms with E-state index in [0.29, 0.717) is 5.82 Å². The fraction of sp³-hybridized carbons (Fsp3) is 0.308. The van der Waals surface area contributed by atoms with E-state index in [4.69, 9.17) is 0 Å². The van der Waals surface area contributed by atoms with Crippen molar-refractivity contribution in [1.82, 2.24) is 15.0 Å². The summed E-state index contributed by atoms with van der Waals surface area (Å²) in [6, 6.07) is 9.13. The Morgan fingerprint density at radius 2 is 2.05 bits per heavy atom. The van der Waals surface area contributed by atoms with Gasteiger partial charge < -0.3 is 5.32 Å². The van der Waals surface area contributed by atoms with Crippen LogP contribution in [0, 0.1) is 0 Å². The second-order valence-corrected chi connectivity index (χ2v) is 4.45. The van der Waals surface area contributed by atoms with Crippen molar-refractivity contribution in [1.29, 1.82) is 0 Å². The molecule has 2 aromatic rings. The lowest BCUT2D eigenvalue weighted by Crippen LogP contribution is -2.35. The SMILES string of the molecule is CC(C)NC(=O)Cn1c(-c2ccccc2)noc1=O. The van der Waals surface area contributed by atoms with Crippen molar-refractivity contribution in [2.45, 2.75) is 26.4 Å². The van der Waals surface area contributed by atoms with Gasteiger partial charge in [0.2, 0.25) is 5.91 Å². The maximum absolute atomic E-state index is 11.7. The normalized spacial score (nSPS) is 10.7. The highest BCUT2D eigenvalue weighted by Crippen LogP contribution is 2.14. The summed E-state index contributed by atoms with van der Waals surface area (Å²) in [6.07, 6.45) is 0. The van der Waals surface area contributed by atoms with Crippen LogP contribution in [0.5, 0.6) is 0 Å². The topological polar surface area (TPSA) is 77.1 Å². The monoisotopic (exact) mass is 261 g/mol. The lowest BCUT2D eigenvalue weighted by molar-refractivity contribution is -0.122. The number of carbonyl (C=O) groups is 1. The number of rotatable bonds is 4. The number of hydrogen-bond donors (Lipinski definition) is 1. The lowest BCUT2D eigenvalue weighted by atomic mass is 10.2. The molecule has 1 amide bonds. The molecule has 0 spiro atoms. The molecule has 1 heterocycles. The summed E-state index contributed by atoms with van der Waals surface area (Å²) in [5.74, 6) is -0.542. The predicted octanol–water partition coefficient (Wildman–Crippen LogP) is 1.03. The second kappa shape index (κ2) is 5.51. The number of amides is 1. The fourth-order valence-corrected chi connectivity index (χ4v) is 1.71. The zero-order valence-electron chi connectivity index (χ0n) is 10.8. The maximum Gasteiger partial charge on any atom is 0.442 e. The first-order valence-corrected chi connectivity index (χ1v) is 5.99. The Balaban J connectivity index is 2.29. The smallest absolute Gasteiger partial charge is 0.352 e. The third-order valence-corrected chi connectivity index (χ3v) is 2.47. The van der Waals surface area contributed by atoms with Crippen molar-refractivity contribution in [2.75, 3.05) is 0 Å². The van der Waals surface area contributed by atoms with Crippen LogP contribution in [-0.2, 0) is 11.3 Å². The first kappa shape index (κ1) is 13.1. The number of hydrogen-bond acceptors (Lipinski definition) is 4. The Labute approximate surface area is 110 Å². The van der Waals surface area contributed by atoms with Gasteiger partial charge in [0.25, 0.3) is 0 Å². The van der Waals surface area contributed by atoms with Gasteiger partial charge in [-0.1, -0.05) is 35.5 Å². The van der Waals surface area contributed by atoms with Gasteiger partial charge in [0.15, 0.2) is 5.82 Å². The third-order valence-electron chi connectivity index (χ3n) is 2.47. The fourth-order valence-electron chi connectivity index (χ4n) is 1.71. The molecule has 0 radical (unpaired) electrons. The zero-order valence-corrected chi connectivity index (χ0v) is 10.8. The molecule has 19 heavy (non-hydrogen) atoms. The maximum atomic E-state index is 11.7. The number of carbonyl (C=O) groups excluding carboxylic acids is 1. The number of nitrogens with zero attached hydrogens (tertiary/aromatic N) is 2. The molecule has 6 nitrogen and oxygen atoms in total. The number of nitrogens with one attached hydrogen (secondary N) is 1. The van der Waals surface area contributed by atoms with Crippen LogP contribution in [0.3, 0.4) is 0 Å². The van der Waals surface area contributed by atoms with Gasteiger partial charge >= 0.3 is 5.76 Å². The average Bonchev–Trinajstić information content (AvgIpc) is 2.71. The van der Waals surface area contributed by atoms with E-state index in [1.807, 2.05) is 32.0 Å². The van der Waals surface area contributed by atoms with E-state index in [1.54, 1.807) is 12.1 Å². The largest absolute Gasteiger partial charge is 0.442 e. The molecule has 2 rings (SSSR count). The lowest BCUT2D eigenvalue weighted by Gasteiger charge is -2.08. The molecule has 0 bridgehead atoms. The Morgan fingerprint density at radius 1 is 1.37 bits per heavy atom. The van der Waals surface area contributed by atoms with Crippen molar-refractivity contribution in [3.8, 4) is 11.4 Å². The van der Waals surface area contributed by atoms with Gasteiger partial charge in [0.1, 0.15) is 6.54 Å². The molecule has 0 aliphatic carbocycles. The molecule has 6 heteroatoms. The van der Waals surface area contributed by atoms with Gasteiger partial charge in [-0.3, -0.25) is 9.32 Å². The van der Waals surface area contributed by atoms with Crippen LogP contribution >= 0.6 is 0 Å². The van der Waals surface area contributed by atoms with Gasteiger partial charge in [0.05, 0.1) is 0 Å². The molecule has 0 saturated carbocycles. The molecule has 0 fully saturated rings. The molecular formula is C13H15N3O3. The van der Waals surface area contributed by atoms with Gasteiger partial charge in [-0.2, -0.15) is 0 Å². The number of aromatic nitrogens is 2. The van der Waals surface area contributed by atoms with Crippen LogP contribution in [-0.4, -0.2) is 21.7 Å². The van der Waals surface area contributed by atoms with E-state index in [2.05, 4.69) is 15.0 Å². The Bertz CT molecular complexity index is 614.